The average Bonchev–Trinajstić information content (AvgIpc) is 3.11. The van der Waals surface area contributed by atoms with Crippen molar-refractivity contribution in [1.29, 1.82) is 0 Å². The van der Waals surface area contributed by atoms with Crippen LogP contribution in [0.4, 0.5) is 0 Å². The molecule has 27 heavy (non-hydrogen) atoms. The maximum Gasteiger partial charge on any atom is 0.316 e. The Hall–Kier alpha value is -2.66. The van der Waals surface area contributed by atoms with E-state index >= 15 is 0 Å². The summed E-state index contributed by atoms with van der Waals surface area (Å²) in [7, 11) is 1.91. The van der Waals surface area contributed by atoms with Crippen molar-refractivity contribution in [3.05, 3.63) is 71.3 Å². The number of hydrogen-bond donors (Lipinski definition) is 1. The van der Waals surface area contributed by atoms with Crippen molar-refractivity contribution in [3.8, 4) is 0 Å². The Morgan fingerprint density at radius 2 is 1.78 bits per heavy atom. The molecule has 0 radical (unpaired) electrons. The van der Waals surface area contributed by atoms with E-state index in [1.165, 1.54) is 5.56 Å². The van der Waals surface area contributed by atoms with E-state index in [-0.39, 0.29) is 19.0 Å². The first-order chi connectivity index (χ1) is 12.9. The van der Waals surface area contributed by atoms with Gasteiger partial charge in [0.15, 0.2) is 0 Å². The lowest BCUT2D eigenvalue weighted by atomic mass is 9.80. The van der Waals surface area contributed by atoms with Crippen LogP contribution in [-0.2, 0) is 21.5 Å². The van der Waals surface area contributed by atoms with Gasteiger partial charge in [-0.2, -0.15) is 0 Å². The zero-order valence-electron chi connectivity index (χ0n) is 15.9. The normalized spacial score (nSPS) is 19.4. The zero-order valence-corrected chi connectivity index (χ0v) is 15.9. The third-order valence-electron chi connectivity index (χ3n) is 5.34. The Balaban J connectivity index is 1.64. The molecule has 0 aromatic heterocycles. The fraction of sp³-hybridized carbons (Fsp3) is 0.364. The molecule has 5 nitrogen and oxygen atoms in total. The van der Waals surface area contributed by atoms with E-state index in [2.05, 4.69) is 24.3 Å². The summed E-state index contributed by atoms with van der Waals surface area (Å²) in [6.07, 6.45) is 0.444. The first-order valence-electron chi connectivity index (χ1n) is 9.21. The average molecular weight is 366 g/mol. The van der Waals surface area contributed by atoms with Gasteiger partial charge < -0.3 is 10.0 Å². The van der Waals surface area contributed by atoms with Crippen molar-refractivity contribution in [2.45, 2.75) is 25.3 Å². The molecule has 1 fully saturated rings. The Morgan fingerprint density at radius 1 is 1.11 bits per heavy atom. The molecule has 3 rings (SSSR count). The first kappa shape index (κ1) is 19.1. The number of carboxylic acids is 1. The molecule has 5 heteroatoms. The number of carbonyl (C=O) groups is 2. The fourth-order valence-corrected chi connectivity index (χ4v) is 3.71. The SMILES string of the molecule is Cc1ccc(CN(C)CC(=O)N2CC[C@@](C(=O)O)(c3ccccc3)C2)cc1. The van der Waals surface area contributed by atoms with Crippen LogP contribution in [0.1, 0.15) is 23.1 Å². The van der Waals surface area contributed by atoms with Gasteiger partial charge in [-0.3, -0.25) is 14.5 Å². The number of carboxylic acid groups (broad SMARTS) is 1. The van der Waals surface area contributed by atoms with E-state index < -0.39 is 11.4 Å². The third kappa shape index (κ3) is 4.19. The molecule has 1 saturated heterocycles. The summed E-state index contributed by atoms with van der Waals surface area (Å²) < 4.78 is 0. The molecular formula is C22H26N2O3. The number of likely N-dealkylation sites (N-methyl/N-ethyl adjacent to an activating group) is 1. The van der Waals surface area contributed by atoms with Crippen LogP contribution in [0.5, 0.6) is 0 Å². The summed E-state index contributed by atoms with van der Waals surface area (Å²) in [5.41, 5.74) is 2.12. The lowest BCUT2D eigenvalue weighted by Crippen LogP contribution is -2.42. The largest absolute Gasteiger partial charge is 0.481 e. The summed E-state index contributed by atoms with van der Waals surface area (Å²) in [6.45, 7) is 3.70. The minimum absolute atomic E-state index is 0.0244. The minimum atomic E-state index is -1.01. The maximum atomic E-state index is 12.7. The molecule has 0 bridgehead atoms. The van der Waals surface area contributed by atoms with Crippen LogP contribution < -0.4 is 0 Å². The molecule has 0 spiro atoms. The highest BCUT2D eigenvalue weighted by atomic mass is 16.4. The Bertz CT molecular complexity index is 804. The highest BCUT2D eigenvalue weighted by molar-refractivity contribution is 5.85. The van der Waals surface area contributed by atoms with Gasteiger partial charge >= 0.3 is 5.97 Å². The van der Waals surface area contributed by atoms with E-state index in [1.54, 1.807) is 4.90 Å². The van der Waals surface area contributed by atoms with E-state index in [1.807, 2.05) is 49.2 Å². The number of aliphatic carboxylic acids is 1. The number of aryl methyl sites for hydroxylation is 1. The van der Waals surface area contributed by atoms with E-state index in [9.17, 15) is 14.7 Å². The van der Waals surface area contributed by atoms with Crippen LogP contribution in [-0.4, -0.2) is 53.5 Å². The monoisotopic (exact) mass is 366 g/mol. The number of carbonyl (C=O) groups excluding carboxylic acids is 1. The van der Waals surface area contributed by atoms with Crippen molar-refractivity contribution in [2.75, 3.05) is 26.7 Å². The molecule has 0 aliphatic carbocycles. The van der Waals surface area contributed by atoms with Gasteiger partial charge in [0.1, 0.15) is 5.41 Å². The summed E-state index contributed by atoms with van der Waals surface area (Å²) in [6, 6.07) is 17.5. The van der Waals surface area contributed by atoms with Crippen LogP contribution in [0, 0.1) is 6.92 Å². The van der Waals surface area contributed by atoms with Gasteiger partial charge in [0.05, 0.1) is 6.54 Å². The Labute approximate surface area is 160 Å². The first-order valence-corrected chi connectivity index (χ1v) is 9.21. The molecule has 1 N–H and O–H groups in total. The van der Waals surface area contributed by atoms with Gasteiger partial charge in [-0.05, 0) is 31.5 Å². The quantitative estimate of drug-likeness (QED) is 0.854. The topological polar surface area (TPSA) is 60.9 Å². The number of rotatable bonds is 6. The van der Waals surface area contributed by atoms with Crippen molar-refractivity contribution in [1.82, 2.24) is 9.80 Å². The highest BCUT2D eigenvalue weighted by Crippen LogP contribution is 2.35. The van der Waals surface area contributed by atoms with Gasteiger partial charge in [-0.1, -0.05) is 60.2 Å². The fourth-order valence-electron chi connectivity index (χ4n) is 3.71. The second-order valence-corrected chi connectivity index (χ2v) is 7.48. The minimum Gasteiger partial charge on any atom is -0.481 e. The molecule has 1 amide bonds. The Morgan fingerprint density at radius 3 is 2.41 bits per heavy atom. The Kier molecular flexibility index (Phi) is 5.61. The number of benzene rings is 2. The molecule has 1 aliphatic rings. The number of hydrogen-bond acceptors (Lipinski definition) is 3. The van der Waals surface area contributed by atoms with Crippen molar-refractivity contribution in [2.24, 2.45) is 0 Å². The van der Waals surface area contributed by atoms with Crippen molar-refractivity contribution >= 4 is 11.9 Å². The molecular weight excluding hydrogens is 340 g/mol. The zero-order chi connectivity index (χ0) is 19.4. The second kappa shape index (κ2) is 7.92. The molecule has 2 aromatic carbocycles. The summed E-state index contributed by atoms with van der Waals surface area (Å²) in [5.74, 6) is -0.888. The van der Waals surface area contributed by atoms with Gasteiger partial charge in [-0.25, -0.2) is 0 Å². The molecule has 0 unspecified atom stereocenters. The molecule has 1 atom stereocenters. The van der Waals surface area contributed by atoms with Gasteiger partial charge in [0, 0.05) is 19.6 Å². The smallest absolute Gasteiger partial charge is 0.316 e. The molecule has 1 heterocycles. The third-order valence-corrected chi connectivity index (χ3v) is 5.34. The van der Waals surface area contributed by atoms with E-state index in [0.29, 0.717) is 19.5 Å². The summed E-state index contributed by atoms with van der Waals surface area (Å²) >= 11 is 0. The number of amides is 1. The van der Waals surface area contributed by atoms with Gasteiger partial charge in [0.25, 0.3) is 0 Å². The van der Waals surface area contributed by atoms with Crippen molar-refractivity contribution in [3.63, 3.8) is 0 Å². The maximum absolute atomic E-state index is 12.7. The summed E-state index contributed by atoms with van der Waals surface area (Å²) in [4.78, 5) is 28.4. The van der Waals surface area contributed by atoms with E-state index in [4.69, 9.17) is 0 Å². The van der Waals surface area contributed by atoms with Crippen LogP contribution in [0.3, 0.4) is 0 Å². The van der Waals surface area contributed by atoms with Crippen LogP contribution in [0.2, 0.25) is 0 Å². The predicted molar refractivity (Wildman–Crippen MR) is 104 cm³/mol. The number of likely N-dealkylation sites (tertiary alicyclic amines) is 1. The molecule has 0 saturated carbocycles. The van der Waals surface area contributed by atoms with Crippen molar-refractivity contribution < 1.29 is 14.7 Å². The van der Waals surface area contributed by atoms with Crippen LogP contribution in [0.25, 0.3) is 0 Å². The summed E-state index contributed by atoms with van der Waals surface area (Å²) in [5, 5.41) is 9.87. The molecule has 1 aliphatic heterocycles. The molecule has 142 valence electrons. The lowest BCUT2D eigenvalue weighted by Gasteiger charge is -2.26. The van der Waals surface area contributed by atoms with E-state index in [0.717, 1.165) is 11.1 Å². The highest BCUT2D eigenvalue weighted by Gasteiger charge is 2.47. The molecule has 2 aromatic rings. The predicted octanol–water partition coefficient (Wildman–Crippen LogP) is 2.68. The van der Waals surface area contributed by atoms with Gasteiger partial charge in [-0.15, -0.1) is 0 Å². The van der Waals surface area contributed by atoms with Crippen LogP contribution in [0.15, 0.2) is 54.6 Å². The standard InChI is InChI=1S/C22H26N2O3/c1-17-8-10-18(11-9-17)14-23(2)15-20(25)24-13-12-22(16-24,21(26)27)19-6-4-3-5-7-19/h3-11H,12-16H2,1-2H3,(H,26,27)/t22-/m0/s1. The van der Waals surface area contributed by atoms with Crippen LogP contribution >= 0.6 is 0 Å². The van der Waals surface area contributed by atoms with Gasteiger partial charge in [0.2, 0.25) is 5.91 Å². The number of nitrogens with zero attached hydrogens (tertiary/aromatic N) is 2. The lowest BCUT2D eigenvalue weighted by molar-refractivity contribution is -0.143. The second-order valence-electron chi connectivity index (χ2n) is 7.48.